The number of rotatable bonds is 4. The van der Waals surface area contributed by atoms with Crippen LogP contribution in [-0.4, -0.2) is 42.5 Å². The van der Waals surface area contributed by atoms with Crippen molar-refractivity contribution in [2.75, 3.05) is 25.0 Å². The van der Waals surface area contributed by atoms with Gasteiger partial charge in [0.15, 0.2) is 0 Å². The van der Waals surface area contributed by atoms with Gasteiger partial charge in [-0.3, -0.25) is 4.79 Å². The number of hydrogen-bond donors (Lipinski definition) is 3. The SMILES string of the molecule is CC.CC.N[C@@H]1CCCC[C@@H]1C(=O)N1CCC(CNC(=O)Nc2cc(C(F)(F)F)cc(C(F)(F)F)c2)CC1. The normalized spacial score (nSPS) is 20.3. The Hall–Kier alpha value is -2.50. The first-order chi connectivity index (χ1) is 17.8. The van der Waals surface area contributed by atoms with Crippen LogP contribution in [0.1, 0.15) is 77.3 Å². The van der Waals surface area contributed by atoms with E-state index in [1.54, 1.807) is 4.90 Å². The van der Waals surface area contributed by atoms with Crippen LogP contribution in [0.4, 0.5) is 36.8 Å². The lowest BCUT2D eigenvalue weighted by Gasteiger charge is -2.37. The minimum Gasteiger partial charge on any atom is -0.342 e. The zero-order valence-electron chi connectivity index (χ0n) is 22.4. The van der Waals surface area contributed by atoms with E-state index in [1.165, 1.54) is 0 Å². The van der Waals surface area contributed by atoms with Crippen LogP contribution in [0.2, 0.25) is 0 Å². The summed E-state index contributed by atoms with van der Waals surface area (Å²) >= 11 is 0. The first kappa shape index (κ1) is 33.5. The Morgan fingerprint density at radius 1 is 0.868 bits per heavy atom. The fourth-order valence-electron chi connectivity index (χ4n) is 4.50. The van der Waals surface area contributed by atoms with Gasteiger partial charge < -0.3 is 21.3 Å². The number of carbonyl (C=O) groups excluding carboxylic acids is 2. The van der Waals surface area contributed by atoms with Crippen LogP contribution in [0, 0.1) is 11.8 Å². The molecule has 2 fully saturated rings. The smallest absolute Gasteiger partial charge is 0.342 e. The molecule has 1 aliphatic carbocycles. The minimum absolute atomic E-state index is 0.00164. The first-order valence-electron chi connectivity index (χ1n) is 13.2. The maximum absolute atomic E-state index is 13.0. The van der Waals surface area contributed by atoms with Crippen molar-refractivity contribution in [3.05, 3.63) is 29.3 Å². The largest absolute Gasteiger partial charge is 0.416 e. The van der Waals surface area contributed by atoms with E-state index >= 15 is 0 Å². The molecule has 0 bridgehead atoms. The van der Waals surface area contributed by atoms with E-state index in [-0.39, 0.29) is 36.4 Å². The van der Waals surface area contributed by atoms with Gasteiger partial charge in [-0.05, 0) is 49.8 Å². The Morgan fingerprint density at radius 3 is 1.84 bits per heavy atom. The second-order valence-corrected chi connectivity index (χ2v) is 8.95. The third kappa shape index (κ3) is 9.99. The molecule has 1 aromatic rings. The summed E-state index contributed by atoms with van der Waals surface area (Å²) in [4.78, 5) is 26.7. The van der Waals surface area contributed by atoms with Gasteiger partial charge >= 0.3 is 18.4 Å². The molecule has 6 nitrogen and oxygen atoms in total. The van der Waals surface area contributed by atoms with E-state index in [9.17, 15) is 35.9 Å². The lowest BCUT2D eigenvalue weighted by Crippen LogP contribution is -2.49. The van der Waals surface area contributed by atoms with Gasteiger partial charge in [0.2, 0.25) is 5.91 Å². The zero-order valence-corrected chi connectivity index (χ0v) is 22.4. The van der Waals surface area contributed by atoms with E-state index in [4.69, 9.17) is 5.73 Å². The Kier molecular flexibility index (Phi) is 13.4. The standard InChI is InChI=1S/C22H28F6N4O2.2C2H6/c23-21(24,25)14-9-15(22(26,27)28)11-16(10-14)31-20(34)30-12-13-5-7-32(8-6-13)19(33)17-3-1-2-4-18(17)29;2*1-2/h9-11,13,17-18H,1-8,12,29H2,(H2,30,31,34);2*1-2H3/t17-,18+;;/m0../s1. The molecule has 3 rings (SSSR count). The second kappa shape index (κ2) is 15.2. The number of likely N-dealkylation sites (tertiary alicyclic amines) is 1. The number of halogens is 6. The quantitative estimate of drug-likeness (QED) is 0.364. The Morgan fingerprint density at radius 2 is 1.37 bits per heavy atom. The third-order valence-corrected chi connectivity index (χ3v) is 6.46. The summed E-state index contributed by atoms with van der Waals surface area (Å²) in [6.45, 7) is 9.21. The number of piperidine rings is 1. The van der Waals surface area contributed by atoms with Gasteiger partial charge in [0.1, 0.15) is 0 Å². The van der Waals surface area contributed by atoms with Gasteiger partial charge in [-0.2, -0.15) is 26.3 Å². The summed E-state index contributed by atoms with van der Waals surface area (Å²) in [7, 11) is 0. The number of nitrogens with two attached hydrogens (primary N) is 1. The summed E-state index contributed by atoms with van der Waals surface area (Å²) in [5, 5.41) is 4.55. The monoisotopic (exact) mass is 554 g/mol. The van der Waals surface area contributed by atoms with Crippen molar-refractivity contribution in [1.82, 2.24) is 10.2 Å². The van der Waals surface area contributed by atoms with Gasteiger partial charge in [-0.15, -0.1) is 0 Å². The van der Waals surface area contributed by atoms with Gasteiger partial charge in [0, 0.05) is 31.4 Å². The van der Waals surface area contributed by atoms with E-state index < -0.39 is 35.2 Å². The van der Waals surface area contributed by atoms with Crippen molar-refractivity contribution in [2.24, 2.45) is 17.6 Å². The van der Waals surface area contributed by atoms with Crippen molar-refractivity contribution in [2.45, 2.75) is 84.6 Å². The van der Waals surface area contributed by atoms with Crippen LogP contribution < -0.4 is 16.4 Å². The highest BCUT2D eigenvalue weighted by atomic mass is 19.4. The van der Waals surface area contributed by atoms with Crippen LogP contribution in [0.15, 0.2) is 18.2 Å². The van der Waals surface area contributed by atoms with Crippen LogP contribution in [-0.2, 0) is 17.1 Å². The zero-order chi connectivity index (χ0) is 29.1. The molecule has 0 unspecified atom stereocenters. The van der Waals surface area contributed by atoms with Gasteiger partial charge in [-0.1, -0.05) is 40.5 Å². The number of carbonyl (C=O) groups is 2. The molecule has 0 spiro atoms. The lowest BCUT2D eigenvalue weighted by molar-refractivity contribution is -0.143. The molecule has 2 atom stereocenters. The molecule has 1 aliphatic heterocycles. The summed E-state index contributed by atoms with van der Waals surface area (Å²) in [5.74, 6) is -0.0771. The first-order valence-corrected chi connectivity index (χ1v) is 13.2. The van der Waals surface area contributed by atoms with Gasteiger partial charge in [-0.25, -0.2) is 4.79 Å². The maximum Gasteiger partial charge on any atom is 0.416 e. The van der Waals surface area contributed by atoms with Crippen LogP contribution in [0.3, 0.4) is 0 Å². The number of benzene rings is 1. The van der Waals surface area contributed by atoms with Crippen molar-refractivity contribution in [1.29, 1.82) is 0 Å². The number of urea groups is 1. The molecule has 2 aliphatic rings. The molecule has 38 heavy (non-hydrogen) atoms. The summed E-state index contributed by atoms with van der Waals surface area (Å²) in [6.07, 6.45) is -5.13. The average Bonchev–Trinajstić information content (AvgIpc) is 2.89. The molecule has 3 amide bonds. The second-order valence-electron chi connectivity index (χ2n) is 8.95. The topological polar surface area (TPSA) is 87.5 Å². The highest BCUT2D eigenvalue weighted by Gasteiger charge is 2.37. The fraction of sp³-hybridized carbons (Fsp3) is 0.692. The molecule has 0 aromatic heterocycles. The number of nitrogens with one attached hydrogen (secondary N) is 2. The summed E-state index contributed by atoms with van der Waals surface area (Å²) in [6, 6.07) is -0.126. The molecule has 1 heterocycles. The van der Waals surface area contributed by atoms with Crippen molar-refractivity contribution in [3.63, 3.8) is 0 Å². The van der Waals surface area contributed by atoms with Crippen LogP contribution in [0.5, 0.6) is 0 Å². The van der Waals surface area contributed by atoms with Crippen molar-refractivity contribution >= 4 is 17.6 Å². The molecule has 1 saturated heterocycles. The molecular weight excluding hydrogens is 514 g/mol. The predicted molar refractivity (Wildman–Crippen MR) is 135 cm³/mol. The van der Waals surface area contributed by atoms with E-state index in [0.29, 0.717) is 38.1 Å². The van der Waals surface area contributed by atoms with E-state index in [1.807, 2.05) is 27.7 Å². The molecule has 1 aromatic carbocycles. The number of anilines is 1. The van der Waals surface area contributed by atoms with Crippen molar-refractivity contribution < 1.29 is 35.9 Å². The average molecular weight is 555 g/mol. The lowest BCUT2D eigenvalue weighted by atomic mass is 9.83. The number of nitrogens with zero attached hydrogens (tertiary/aromatic N) is 1. The van der Waals surface area contributed by atoms with Crippen LogP contribution in [0.25, 0.3) is 0 Å². The summed E-state index contributed by atoms with van der Waals surface area (Å²) < 4.78 is 77.8. The molecule has 0 radical (unpaired) electrons. The Bertz CT molecular complexity index is 851. The Balaban J connectivity index is 0.00000172. The molecule has 218 valence electrons. The highest BCUT2D eigenvalue weighted by Crippen LogP contribution is 2.37. The molecule has 4 N–H and O–H groups in total. The Labute approximate surface area is 220 Å². The highest BCUT2D eigenvalue weighted by molar-refractivity contribution is 5.89. The van der Waals surface area contributed by atoms with E-state index in [2.05, 4.69) is 10.6 Å². The predicted octanol–water partition coefficient (Wildman–Crippen LogP) is 6.65. The minimum atomic E-state index is -5.00. The van der Waals surface area contributed by atoms with E-state index in [0.717, 1.165) is 25.7 Å². The molecular formula is C26H40F6N4O2. The van der Waals surface area contributed by atoms with Gasteiger partial charge in [0.05, 0.1) is 17.0 Å². The third-order valence-electron chi connectivity index (χ3n) is 6.46. The van der Waals surface area contributed by atoms with Crippen LogP contribution >= 0.6 is 0 Å². The number of amides is 3. The number of hydrogen-bond acceptors (Lipinski definition) is 3. The molecule has 1 saturated carbocycles. The van der Waals surface area contributed by atoms with Crippen molar-refractivity contribution in [3.8, 4) is 0 Å². The van der Waals surface area contributed by atoms with Gasteiger partial charge in [0.25, 0.3) is 0 Å². The summed E-state index contributed by atoms with van der Waals surface area (Å²) in [5.41, 5.74) is 2.48. The maximum atomic E-state index is 13.0. The fourth-order valence-corrected chi connectivity index (χ4v) is 4.50. The molecule has 12 heteroatoms. The number of alkyl halides is 6.